The van der Waals surface area contributed by atoms with Gasteiger partial charge in [0.15, 0.2) is 0 Å². The summed E-state index contributed by atoms with van der Waals surface area (Å²) in [6, 6.07) is 10.8. The number of hydrogen-bond acceptors (Lipinski definition) is 7. The van der Waals surface area contributed by atoms with E-state index in [0.717, 1.165) is 73.4 Å². The fraction of sp³-hybridized carbons (Fsp3) is 0.459. The highest BCUT2D eigenvalue weighted by Crippen LogP contribution is 2.35. The molecule has 0 radical (unpaired) electrons. The van der Waals surface area contributed by atoms with E-state index in [0.29, 0.717) is 42.6 Å². The summed E-state index contributed by atoms with van der Waals surface area (Å²) in [5, 5.41) is 15.0. The van der Waals surface area contributed by atoms with E-state index in [1.54, 1.807) is 23.3 Å². The number of halogens is 3. The molecule has 262 valence electrons. The summed E-state index contributed by atoms with van der Waals surface area (Å²) in [5.74, 6) is 0.916. The Hall–Kier alpha value is -4.45. The van der Waals surface area contributed by atoms with Crippen LogP contribution in [0.3, 0.4) is 0 Å². The molecule has 3 aliphatic heterocycles. The van der Waals surface area contributed by atoms with Crippen LogP contribution in [0.1, 0.15) is 68.0 Å². The molecule has 0 bridgehead atoms. The monoisotopic (exact) mass is 679 g/mol. The number of phenolic OH excluding ortho intramolecular Hbond substituents is 1. The van der Waals surface area contributed by atoms with Gasteiger partial charge in [-0.1, -0.05) is 12.1 Å². The maximum Gasteiger partial charge on any atom is 0.416 e. The Balaban J connectivity index is 1.10. The van der Waals surface area contributed by atoms with Gasteiger partial charge in [-0.3, -0.25) is 4.68 Å². The second-order valence-electron chi connectivity index (χ2n) is 14.1. The number of rotatable bonds is 7. The molecule has 0 unspecified atom stereocenters. The second kappa shape index (κ2) is 13.8. The van der Waals surface area contributed by atoms with Gasteiger partial charge in [0, 0.05) is 73.4 Å². The molecule has 0 atom stereocenters. The fourth-order valence-corrected chi connectivity index (χ4v) is 6.75. The molecule has 4 heterocycles. The maximum absolute atomic E-state index is 13.3. The Bertz CT molecular complexity index is 1700. The van der Waals surface area contributed by atoms with Crippen molar-refractivity contribution in [1.82, 2.24) is 24.5 Å². The van der Waals surface area contributed by atoms with E-state index >= 15 is 0 Å². The Morgan fingerprint density at radius 1 is 1.02 bits per heavy atom. The second-order valence-corrected chi connectivity index (χ2v) is 14.1. The zero-order chi connectivity index (χ0) is 34.9. The van der Waals surface area contributed by atoms with E-state index < -0.39 is 23.4 Å². The lowest BCUT2D eigenvalue weighted by molar-refractivity contribution is -0.137. The van der Waals surface area contributed by atoms with Crippen molar-refractivity contribution in [2.75, 3.05) is 26.2 Å². The van der Waals surface area contributed by atoms with Crippen molar-refractivity contribution in [3.63, 3.8) is 0 Å². The van der Waals surface area contributed by atoms with E-state index in [-0.39, 0.29) is 12.3 Å². The number of nitrogens with zero attached hydrogens (tertiary/aromatic N) is 5. The number of benzene rings is 2. The van der Waals surface area contributed by atoms with Crippen LogP contribution in [0.4, 0.5) is 18.0 Å². The number of phenols is 1. The number of fused-ring (bicyclic) bond motifs is 1. The van der Waals surface area contributed by atoms with Gasteiger partial charge in [0.25, 0.3) is 0 Å². The van der Waals surface area contributed by atoms with E-state index in [1.165, 1.54) is 12.1 Å². The van der Waals surface area contributed by atoms with Crippen molar-refractivity contribution >= 4 is 11.9 Å². The average Bonchev–Trinajstić information content (AvgIpc) is 3.41. The number of aromatic hydroxyl groups is 1. The summed E-state index contributed by atoms with van der Waals surface area (Å²) in [4.78, 5) is 19.2. The van der Waals surface area contributed by atoms with E-state index in [4.69, 9.17) is 14.6 Å². The van der Waals surface area contributed by atoms with Gasteiger partial charge in [-0.25, -0.2) is 4.79 Å². The Labute approximate surface area is 285 Å². The molecule has 9 nitrogen and oxygen atoms in total. The zero-order valence-corrected chi connectivity index (χ0v) is 28.5. The molecule has 0 saturated carbocycles. The van der Waals surface area contributed by atoms with Crippen LogP contribution < -0.4 is 0 Å². The molecule has 1 saturated heterocycles. The van der Waals surface area contributed by atoms with E-state index in [9.17, 15) is 23.1 Å². The molecule has 1 amide bonds. The number of ether oxygens (including phenoxy) is 2. The molecule has 49 heavy (non-hydrogen) atoms. The van der Waals surface area contributed by atoms with Crippen LogP contribution in [0.2, 0.25) is 0 Å². The molecule has 12 heteroatoms. The number of aryl methyl sites for hydroxylation is 2. The minimum absolute atomic E-state index is 0.211. The molecule has 3 aromatic rings. The number of likely N-dealkylation sites (tertiary alicyclic amines) is 1. The molecule has 0 spiro atoms. The van der Waals surface area contributed by atoms with E-state index in [2.05, 4.69) is 9.80 Å². The quantitative estimate of drug-likeness (QED) is 0.277. The molecule has 2 aromatic carbocycles. The highest BCUT2D eigenvalue weighted by atomic mass is 19.4. The van der Waals surface area contributed by atoms with Crippen LogP contribution in [-0.2, 0) is 35.2 Å². The molecule has 1 N–H and O–H groups in total. The Morgan fingerprint density at radius 2 is 1.76 bits per heavy atom. The lowest BCUT2D eigenvalue weighted by atomic mass is 10.00. The first kappa shape index (κ1) is 34.4. The third kappa shape index (κ3) is 8.24. The third-order valence-corrected chi connectivity index (χ3v) is 9.14. The fourth-order valence-electron chi connectivity index (χ4n) is 6.75. The van der Waals surface area contributed by atoms with Crippen molar-refractivity contribution in [3.8, 4) is 17.0 Å². The summed E-state index contributed by atoms with van der Waals surface area (Å²) in [7, 11) is 0. The van der Waals surface area contributed by atoms with Crippen LogP contribution in [0.15, 0.2) is 61.1 Å². The topological polar surface area (TPSA) is 83.3 Å². The van der Waals surface area contributed by atoms with Crippen LogP contribution in [0.5, 0.6) is 5.75 Å². The number of piperidine rings is 1. The largest absolute Gasteiger partial charge is 0.508 e. The van der Waals surface area contributed by atoms with Crippen LogP contribution in [0, 0.1) is 6.92 Å². The molecule has 3 aliphatic rings. The van der Waals surface area contributed by atoms with Gasteiger partial charge in [0.05, 0.1) is 17.8 Å². The van der Waals surface area contributed by atoms with Crippen molar-refractivity contribution in [1.29, 1.82) is 0 Å². The lowest BCUT2D eigenvalue weighted by Gasteiger charge is -2.37. The first-order valence-electron chi connectivity index (χ1n) is 16.8. The lowest BCUT2D eigenvalue weighted by Crippen LogP contribution is -2.42. The highest BCUT2D eigenvalue weighted by molar-refractivity contribution is 5.71. The zero-order valence-electron chi connectivity index (χ0n) is 28.5. The van der Waals surface area contributed by atoms with Gasteiger partial charge in [0.1, 0.15) is 23.4 Å². The molecule has 0 aliphatic carbocycles. The molecule has 1 aromatic heterocycles. The average molecular weight is 680 g/mol. The standard InChI is InChI=1S/C37H44F3N5O4/c1-25-20-27(22-30(46)21-25)33-24-43(18-19-48-33)29-10-15-42(16-11-29)13-5-14-45-32-12-17-44(35(47)49-36(2,3)4)23-31(32)34(41-45)26-6-8-28(9-7-26)37(38,39)40/h6-9,18-22,24,29,46H,5,10-17,23H2,1-4H3. The summed E-state index contributed by atoms with van der Waals surface area (Å²) >= 11 is 0. The predicted molar refractivity (Wildman–Crippen MR) is 180 cm³/mol. The molecule has 1 fully saturated rings. The summed E-state index contributed by atoms with van der Waals surface area (Å²) < 4.78 is 53.2. The summed E-state index contributed by atoms with van der Waals surface area (Å²) in [6.45, 7) is 11.6. The van der Waals surface area contributed by atoms with Crippen LogP contribution in [-0.4, -0.2) is 73.5 Å². The van der Waals surface area contributed by atoms with Gasteiger partial charge in [-0.15, -0.1) is 0 Å². The number of alkyl halides is 3. The Kier molecular flexibility index (Phi) is 9.70. The van der Waals surface area contributed by atoms with Gasteiger partial charge >= 0.3 is 12.3 Å². The number of aromatic nitrogens is 2. The van der Waals surface area contributed by atoms with Gasteiger partial charge in [-0.2, -0.15) is 18.3 Å². The summed E-state index contributed by atoms with van der Waals surface area (Å²) in [6.07, 6.45) is 4.23. The maximum atomic E-state index is 13.3. The minimum atomic E-state index is -4.43. The highest BCUT2D eigenvalue weighted by Gasteiger charge is 2.33. The van der Waals surface area contributed by atoms with Crippen molar-refractivity contribution in [2.45, 2.75) is 84.3 Å². The smallest absolute Gasteiger partial charge is 0.416 e. The Morgan fingerprint density at radius 3 is 2.43 bits per heavy atom. The number of amides is 1. The molecular weight excluding hydrogens is 635 g/mol. The molecular formula is C37H44F3N5O4. The van der Waals surface area contributed by atoms with Crippen molar-refractivity contribution < 1.29 is 32.5 Å². The van der Waals surface area contributed by atoms with Crippen LogP contribution >= 0.6 is 0 Å². The van der Waals surface area contributed by atoms with E-state index in [1.807, 2.05) is 50.8 Å². The normalized spacial score (nSPS) is 17.5. The minimum Gasteiger partial charge on any atom is -0.508 e. The van der Waals surface area contributed by atoms with Gasteiger partial charge in [0.2, 0.25) is 0 Å². The first-order chi connectivity index (χ1) is 23.2. The van der Waals surface area contributed by atoms with Crippen molar-refractivity contribution in [3.05, 3.63) is 89.1 Å². The third-order valence-electron chi connectivity index (χ3n) is 9.14. The number of hydrogen-bond donors (Lipinski definition) is 1. The van der Waals surface area contributed by atoms with Crippen LogP contribution in [0.25, 0.3) is 17.0 Å². The number of carbonyl (C=O) groups is 1. The van der Waals surface area contributed by atoms with Gasteiger partial charge in [-0.05, 0) is 89.4 Å². The van der Waals surface area contributed by atoms with Gasteiger partial charge < -0.3 is 29.3 Å². The molecule has 6 rings (SSSR count). The summed E-state index contributed by atoms with van der Waals surface area (Å²) in [5.41, 5.74) is 3.50. The first-order valence-corrected chi connectivity index (χ1v) is 16.8. The predicted octanol–water partition coefficient (Wildman–Crippen LogP) is 7.53. The number of carbonyl (C=O) groups excluding carboxylic acids is 1. The SMILES string of the molecule is Cc1cc(O)cc(C2=CN(C3CCN(CCCn4nc(-c5ccc(C(F)(F)F)cc5)c5c4CCN(C(=O)OC(C)(C)C)C5)CC3)C=CO2)c1. The van der Waals surface area contributed by atoms with Crippen molar-refractivity contribution in [2.24, 2.45) is 0 Å².